The Morgan fingerprint density at radius 1 is 0.938 bits per heavy atom. The Hall–Kier alpha value is -2.69. The van der Waals surface area contributed by atoms with Crippen LogP contribution in [0.15, 0.2) is 18.2 Å². The van der Waals surface area contributed by atoms with Gasteiger partial charge in [0.25, 0.3) is 17.7 Å². The fourth-order valence-electron chi connectivity index (χ4n) is 3.95. The number of rotatable bonds is 4. The maximum absolute atomic E-state index is 13.0. The first-order valence-corrected chi connectivity index (χ1v) is 11.0. The summed E-state index contributed by atoms with van der Waals surface area (Å²) in [5.74, 6) is -1.06. The molecule has 0 bridgehead atoms. The lowest BCUT2D eigenvalue weighted by Crippen LogP contribution is -2.50. The highest BCUT2D eigenvalue weighted by Crippen LogP contribution is 2.21. The number of carbonyl (C=O) groups is 4. The fourth-order valence-corrected chi connectivity index (χ4v) is 4.12. The van der Waals surface area contributed by atoms with Crippen molar-refractivity contribution >= 4 is 35.4 Å². The molecule has 3 aliphatic heterocycles. The SMILES string of the molecule is O=C(ON1C(=O)CCC1=O)N1CCN(Cc2ccc(Cl)cc2C(=O)N2CCOCC2)CC1. The first-order valence-electron chi connectivity index (χ1n) is 10.6. The maximum Gasteiger partial charge on any atom is 0.434 e. The normalized spacial score (nSPS) is 20.1. The number of ether oxygens (including phenoxy) is 1. The van der Waals surface area contributed by atoms with Crippen LogP contribution >= 0.6 is 11.6 Å². The zero-order valence-electron chi connectivity index (χ0n) is 17.6. The summed E-state index contributed by atoms with van der Waals surface area (Å²) in [6.45, 7) is 4.57. The van der Waals surface area contributed by atoms with E-state index in [1.165, 1.54) is 4.90 Å². The number of benzene rings is 1. The van der Waals surface area contributed by atoms with Crippen molar-refractivity contribution < 1.29 is 28.8 Å². The number of imide groups is 1. The fraction of sp³-hybridized carbons (Fsp3) is 0.524. The summed E-state index contributed by atoms with van der Waals surface area (Å²) in [4.78, 5) is 59.0. The number of hydroxylamine groups is 2. The average Bonchev–Trinajstić information content (AvgIpc) is 3.13. The van der Waals surface area contributed by atoms with Gasteiger partial charge < -0.3 is 19.4 Å². The lowest BCUT2D eigenvalue weighted by Gasteiger charge is -2.35. The van der Waals surface area contributed by atoms with Crippen molar-refractivity contribution in [2.24, 2.45) is 0 Å². The Morgan fingerprint density at radius 2 is 1.59 bits per heavy atom. The molecule has 3 aliphatic rings. The zero-order chi connectivity index (χ0) is 22.7. The van der Waals surface area contributed by atoms with E-state index in [0.717, 1.165) is 5.56 Å². The van der Waals surface area contributed by atoms with Gasteiger partial charge in [0.1, 0.15) is 0 Å². The summed E-state index contributed by atoms with van der Waals surface area (Å²) in [7, 11) is 0. The van der Waals surface area contributed by atoms with Crippen molar-refractivity contribution in [3.63, 3.8) is 0 Å². The quantitative estimate of drug-likeness (QED) is 0.616. The largest absolute Gasteiger partial charge is 0.434 e. The van der Waals surface area contributed by atoms with E-state index in [2.05, 4.69) is 4.90 Å². The van der Waals surface area contributed by atoms with Crippen LogP contribution in [0, 0.1) is 0 Å². The van der Waals surface area contributed by atoms with Crippen LogP contribution in [0.1, 0.15) is 28.8 Å². The average molecular weight is 465 g/mol. The second-order valence-corrected chi connectivity index (χ2v) is 8.34. The van der Waals surface area contributed by atoms with Crippen LogP contribution in [-0.4, -0.2) is 96.1 Å². The molecule has 1 aromatic carbocycles. The van der Waals surface area contributed by atoms with Crippen LogP contribution in [0.4, 0.5) is 4.79 Å². The van der Waals surface area contributed by atoms with Gasteiger partial charge in [0.2, 0.25) is 0 Å². The number of amides is 4. The molecule has 10 nitrogen and oxygen atoms in total. The molecule has 0 unspecified atom stereocenters. The van der Waals surface area contributed by atoms with E-state index < -0.39 is 17.9 Å². The van der Waals surface area contributed by atoms with Crippen molar-refractivity contribution in [2.45, 2.75) is 19.4 Å². The molecule has 4 amide bonds. The van der Waals surface area contributed by atoms with Crippen molar-refractivity contribution in [1.29, 1.82) is 0 Å². The molecule has 1 aromatic rings. The molecule has 11 heteroatoms. The number of hydrogen-bond acceptors (Lipinski definition) is 7. The van der Waals surface area contributed by atoms with E-state index in [1.54, 1.807) is 17.0 Å². The minimum atomic E-state index is -0.706. The topological polar surface area (TPSA) is 99.7 Å². The third-order valence-electron chi connectivity index (χ3n) is 5.80. The van der Waals surface area contributed by atoms with Crippen LogP contribution in [0.25, 0.3) is 0 Å². The van der Waals surface area contributed by atoms with E-state index in [0.29, 0.717) is 74.7 Å². The zero-order valence-corrected chi connectivity index (χ0v) is 18.4. The number of nitrogens with zero attached hydrogens (tertiary/aromatic N) is 4. The van der Waals surface area contributed by atoms with Gasteiger partial charge in [-0.25, -0.2) is 4.79 Å². The van der Waals surface area contributed by atoms with Crippen molar-refractivity contribution in [1.82, 2.24) is 19.8 Å². The molecule has 32 heavy (non-hydrogen) atoms. The lowest BCUT2D eigenvalue weighted by molar-refractivity contribution is -0.174. The summed E-state index contributed by atoms with van der Waals surface area (Å²) in [6, 6.07) is 5.33. The van der Waals surface area contributed by atoms with E-state index in [4.69, 9.17) is 21.2 Å². The molecule has 172 valence electrons. The van der Waals surface area contributed by atoms with E-state index in [-0.39, 0.29) is 18.7 Å². The molecule has 0 radical (unpaired) electrons. The van der Waals surface area contributed by atoms with E-state index in [1.807, 2.05) is 6.07 Å². The third-order valence-corrected chi connectivity index (χ3v) is 6.04. The summed E-state index contributed by atoms with van der Waals surface area (Å²) in [6.07, 6.45) is -0.582. The highest BCUT2D eigenvalue weighted by atomic mass is 35.5. The molecule has 3 fully saturated rings. The molecule has 3 saturated heterocycles. The van der Waals surface area contributed by atoms with E-state index >= 15 is 0 Å². The van der Waals surface area contributed by atoms with E-state index in [9.17, 15) is 19.2 Å². The molecule has 3 heterocycles. The molecule has 0 spiro atoms. The van der Waals surface area contributed by atoms with Crippen LogP contribution in [-0.2, 0) is 25.7 Å². The second kappa shape index (κ2) is 9.85. The maximum atomic E-state index is 13.0. The summed E-state index contributed by atoms with van der Waals surface area (Å²) in [5.41, 5.74) is 1.45. The smallest absolute Gasteiger partial charge is 0.378 e. The molecule has 0 saturated carbocycles. The predicted molar refractivity (Wildman–Crippen MR) is 113 cm³/mol. The Morgan fingerprint density at radius 3 is 2.25 bits per heavy atom. The van der Waals surface area contributed by atoms with Crippen LogP contribution in [0.3, 0.4) is 0 Å². The first-order chi connectivity index (χ1) is 15.4. The van der Waals surface area contributed by atoms with Gasteiger partial charge in [0.15, 0.2) is 0 Å². The number of hydrogen-bond donors (Lipinski definition) is 0. The molecule has 0 atom stereocenters. The first kappa shape index (κ1) is 22.5. The van der Waals surface area contributed by atoms with Gasteiger partial charge in [0.05, 0.1) is 13.2 Å². The lowest BCUT2D eigenvalue weighted by atomic mass is 10.0. The molecule has 0 aliphatic carbocycles. The minimum Gasteiger partial charge on any atom is -0.378 e. The summed E-state index contributed by atoms with van der Waals surface area (Å²) < 4.78 is 5.33. The number of carbonyl (C=O) groups excluding carboxylic acids is 4. The third kappa shape index (κ3) is 5.03. The van der Waals surface area contributed by atoms with Crippen molar-refractivity contribution in [2.75, 3.05) is 52.5 Å². The van der Waals surface area contributed by atoms with Gasteiger partial charge >= 0.3 is 6.09 Å². The molecular weight excluding hydrogens is 440 g/mol. The summed E-state index contributed by atoms with van der Waals surface area (Å²) in [5, 5.41) is 1.07. The standard InChI is InChI=1S/C21H25ClN4O6/c22-16-2-1-15(17(13-16)20(29)24-9-11-31-12-10-24)14-23-5-7-25(8-6-23)21(30)32-26-18(27)3-4-19(26)28/h1-2,13H,3-12,14H2. The molecule has 4 rings (SSSR count). The highest BCUT2D eigenvalue weighted by Gasteiger charge is 2.35. The predicted octanol–water partition coefficient (Wildman–Crippen LogP) is 1.13. The van der Waals surface area contributed by atoms with Crippen LogP contribution in [0.5, 0.6) is 0 Å². The number of halogens is 1. The van der Waals surface area contributed by atoms with Gasteiger partial charge in [0, 0.05) is 69.2 Å². The molecular formula is C21H25ClN4O6. The number of piperazine rings is 1. The van der Waals surface area contributed by atoms with Crippen LogP contribution < -0.4 is 0 Å². The van der Waals surface area contributed by atoms with Crippen molar-refractivity contribution in [3.05, 3.63) is 34.3 Å². The summed E-state index contributed by atoms with van der Waals surface area (Å²) >= 11 is 6.17. The van der Waals surface area contributed by atoms with Crippen molar-refractivity contribution in [3.8, 4) is 0 Å². The second-order valence-electron chi connectivity index (χ2n) is 7.91. The van der Waals surface area contributed by atoms with Crippen LogP contribution in [0.2, 0.25) is 5.02 Å². The monoisotopic (exact) mass is 464 g/mol. The van der Waals surface area contributed by atoms with Gasteiger partial charge in [-0.2, -0.15) is 0 Å². The Bertz CT molecular complexity index is 896. The van der Waals surface area contributed by atoms with Gasteiger partial charge in [-0.05, 0) is 17.7 Å². The highest BCUT2D eigenvalue weighted by molar-refractivity contribution is 6.31. The van der Waals surface area contributed by atoms with Gasteiger partial charge in [-0.15, -0.1) is 5.06 Å². The van der Waals surface area contributed by atoms with Gasteiger partial charge in [-0.3, -0.25) is 19.3 Å². The Labute approximate surface area is 190 Å². The molecule has 0 N–H and O–H groups in total. The Balaban J connectivity index is 1.35. The molecule has 0 aromatic heterocycles. The Kier molecular flexibility index (Phi) is 6.92. The number of morpholine rings is 1. The minimum absolute atomic E-state index is 0.0620. The van der Waals surface area contributed by atoms with Gasteiger partial charge in [-0.1, -0.05) is 17.7 Å².